The Morgan fingerprint density at radius 2 is 1.89 bits per heavy atom. The van der Waals surface area contributed by atoms with Crippen LogP contribution >= 0.6 is 11.6 Å². The molecule has 0 saturated carbocycles. The second kappa shape index (κ2) is 6.17. The molecule has 5 heteroatoms. The summed E-state index contributed by atoms with van der Waals surface area (Å²) >= 11 is 5.91. The van der Waals surface area contributed by atoms with Crippen molar-refractivity contribution in [1.82, 2.24) is 0 Å². The first kappa shape index (κ1) is 15.7. The van der Waals surface area contributed by atoms with E-state index in [0.717, 1.165) is 0 Å². The third-order valence-electron chi connectivity index (χ3n) is 2.29. The first-order chi connectivity index (χ1) is 8.70. The topological polar surface area (TPSA) is 69.4 Å². The van der Waals surface area contributed by atoms with E-state index in [4.69, 9.17) is 22.1 Å². The molecule has 0 aromatic heterocycles. The van der Waals surface area contributed by atoms with Gasteiger partial charge in [-0.15, -0.1) is 0 Å². The molecule has 1 rings (SSSR count). The zero-order valence-corrected chi connectivity index (χ0v) is 12.0. The maximum absolute atomic E-state index is 12.0. The lowest BCUT2D eigenvalue weighted by molar-refractivity contribution is -0.156. The Kier molecular flexibility index (Phi) is 5.09. The molecule has 2 N–H and O–H groups in total. The molecule has 104 valence electrons. The first-order valence-corrected chi connectivity index (χ1v) is 6.34. The lowest BCUT2D eigenvalue weighted by atomic mass is 10.0. The van der Waals surface area contributed by atoms with Gasteiger partial charge in [0.1, 0.15) is 11.6 Å². The number of hydrogen-bond donors (Lipinski definition) is 1. The average molecular weight is 284 g/mol. The van der Waals surface area contributed by atoms with Crippen LogP contribution in [0.4, 0.5) is 0 Å². The molecule has 0 fully saturated rings. The SMILES string of the molecule is CC(C)(C)OC(=O)C(N)CC(=O)c1ccccc1Cl. The van der Waals surface area contributed by atoms with Gasteiger partial charge in [-0.1, -0.05) is 23.7 Å². The molecule has 0 amide bonds. The van der Waals surface area contributed by atoms with E-state index in [1.54, 1.807) is 45.0 Å². The van der Waals surface area contributed by atoms with Crippen molar-refractivity contribution in [3.8, 4) is 0 Å². The number of Topliss-reactive ketones (excluding diaryl/α,β-unsaturated/α-hetero) is 1. The maximum Gasteiger partial charge on any atom is 0.323 e. The number of nitrogens with two attached hydrogens (primary N) is 1. The van der Waals surface area contributed by atoms with Crippen LogP contribution in [0.5, 0.6) is 0 Å². The predicted molar refractivity (Wildman–Crippen MR) is 74.2 cm³/mol. The molecule has 1 aromatic rings. The average Bonchev–Trinajstić information content (AvgIpc) is 2.27. The number of esters is 1. The van der Waals surface area contributed by atoms with Crippen molar-refractivity contribution in [3.63, 3.8) is 0 Å². The highest BCUT2D eigenvalue weighted by atomic mass is 35.5. The van der Waals surface area contributed by atoms with Crippen LogP contribution in [-0.4, -0.2) is 23.4 Å². The van der Waals surface area contributed by atoms with E-state index in [1.807, 2.05) is 0 Å². The Balaban J connectivity index is 2.67. The third kappa shape index (κ3) is 5.01. The number of carbonyl (C=O) groups excluding carboxylic acids is 2. The Hall–Kier alpha value is -1.39. The minimum atomic E-state index is -0.983. The standard InChI is InChI=1S/C14H18ClNO3/c1-14(2,3)19-13(18)11(16)8-12(17)9-6-4-5-7-10(9)15/h4-7,11H,8,16H2,1-3H3. The summed E-state index contributed by atoms with van der Waals surface area (Å²) in [6, 6.07) is 5.67. The van der Waals surface area contributed by atoms with Crippen LogP contribution in [0.15, 0.2) is 24.3 Å². The van der Waals surface area contributed by atoms with Crippen molar-refractivity contribution in [2.24, 2.45) is 5.73 Å². The molecule has 0 saturated heterocycles. The normalized spacial score (nSPS) is 12.9. The van der Waals surface area contributed by atoms with Gasteiger partial charge in [-0.25, -0.2) is 0 Å². The van der Waals surface area contributed by atoms with E-state index in [-0.39, 0.29) is 12.2 Å². The van der Waals surface area contributed by atoms with Crippen molar-refractivity contribution in [1.29, 1.82) is 0 Å². The fourth-order valence-corrected chi connectivity index (χ4v) is 1.70. The van der Waals surface area contributed by atoms with Gasteiger partial charge >= 0.3 is 5.97 Å². The molecule has 1 atom stereocenters. The number of carbonyl (C=O) groups is 2. The van der Waals surface area contributed by atoms with E-state index >= 15 is 0 Å². The molecule has 19 heavy (non-hydrogen) atoms. The minimum Gasteiger partial charge on any atom is -0.459 e. The Labute approximate surface area is 117 Å². The van der Waals surface area contributed by atoms with Crippen LogP contribution in [0.2, 0.25) is 5.02 Å². The van der Waals surface area contributed by atoms with Crippen molar-refractivity contribution < 1.29 is 14.3 Å². The van der Waals surface area contributed by atoms with Gasteiger partial charge in [0.05, 0.1) is 5.02 Å². The summed E-state index contributed by atoms with van der Waals surface area (Å²) in [5, 5.41) is 0.351. The summed E-state index contributed by atoms with van der Waals surface area (Å²) in [5.41, 5.74) is 5.42. The molecule has 1 unspecified atom stereocenters. The summed E-state index contributed by atoms with van der Waals surface area (Å²) in [5.74, 6) is -0.864. The molecular weight excluding hydrogens is 266 g/mol. The van der Waals surface area contributed by atoms with Crippen LogP contribution in [0, 0.1) is 0 Å². The largest absolute Gasteiger partial charge is 0.459 e. The minimum absolute atomic E-state index is 0.126. The van der Waals surface area contributed by atoms with Gasteiger partial charge in [0.15, 0.2) is 5.78 Å². The van der Waals surface area contributed by atoms with Gasteiger partial charge in [0, 0.05) is 12.0 Å². The van der Waals surface area contributed by atoms with E-state index in [2.05, 4.69) is 0 Å². The molecule has 0 spiro atoms. The fourth-order valence-electron chi connectivity index (χ4n) is 1.46. The summed E-state index contributed by atoms with van der Waals surface area (Å²) in [6.07, 6.45) is -0.126. The van der Waals surface area contributed by atoms with Gasteiger partial charge in [0.2, 0.25) is 0 Å². The van der Waals surface area contributed by atoms with E-state index in [0.29, 0.717) is 10.6 Å². The third-order valence-corrected chi connectivity index (χ3v) is 2.62. The first-order valence-electron chi connectivity index (χ1n) is 5.97. The van der Waals surface area contributed by atoms with Crippen LogP contribution in [0.25, 0.3) is 0 Å². The van der Waals surface area contributed by atoms with Crippen LogP contribution in [-0.2, 0) is 9.53 Å². The van der Waals surface area contributed by atoms with E-state index < -0.39 is 17.6 Å². The number of ketones is 1. The lowest BCUT2D eigenvalue weighted by Gasteiger charge is -2.22. The highest BCUT2D eigenvalue weighted by Gasteiger charge is 2.25. The number of rotatable bonds is 4. The summed E-state index contributed by atoms with van der Waals surface area (Å²) in [7, 11) is 0. The number of benzene rings is 1. The molecule has 0 heterocycles. The second-order valence-electron chi connectivity index (χ2n) is 5.25. The monoisotopic (exact) mass is 283 g/mol. The van der Waals surface area contributed by atoms with Gasteiger partial charge in [-0.2, -0.15) is 0 Å². The highest BCUT2D eigenvalue weighted by molar-refractivity contribution is 6.34. The van der Waals surface area contributed by atoms with E-state index in [1.165, 1.54) is 0 Å². The zero-order valence-electron chi connectivity index (χ0n) is 11.3. The van der Waals surface area contributed by atoms with Gasteiger partial charge in [-0.05, 0) is 32.9 Å². The van der Waals surface area contributed by atoms with Crippen LogP contribution in [0.1, 0.15) is 37.6 Å². The summed E-state index contributed by atoms with van der Waals surface area (Å²) in [4.78, 5) is 23.7. The van der Waals surface area contributed by atoms with Crippen molar-refractivity contribution in [3.05, 3.63) is 34.9 Å². The molecule has 1 aromatic carbocycles. The Morgan fingerprint density at radius 3 is 2.42 bits per heavy atom. The zero-order chi connectivity index (χ0) is 14.6. The molecule has 0 aliphatic carbocycles. The molecule has 0 aliphatic heterocycles. The molecule has 4 nitrogen and oxygen atoms in total. The molecular formula is C14H18ClNO3. The maximum atomic E-state index is 12.0. The number of halogens is 1. The number of hydrogen-bond acceptors (Lipinski definition) is 4. The van der Waals surface area contributed by atoms with Gasteiger partial charge in [0.25, 0.3) is 0 Å². The Bertz CT molecular complexity index is 480. The molecule has 0 aliphatic rings. The fraction of sp³-hybridized carbons (Fsp3) is 0.429. The smallest absolute Gasteiger partial charge is 0.323 e. The van der Waals surface area contributed by atoms with E-state index in [9.17, 15) is 9.59 Å². The summed E-state index contributed by atoms with van der Waals surface area (Å²) < 4.78 is 5.12. The van der Waals surface area contributed by atoms with Crippen LogP contribution < -0.4 is 5.73 Å². The van der Waals surface area contributed by atoms with Crippen molar-refractivity contribution in [2.75, 3.05) is 0 Å². The second-order valence-corrected chi connectivity index (χ2v) is 5.65. The summed E-state index contributed by atoms with van der Waals surface area (Å²) in [6.45, 7) is 5.23. The van der Waals surface area contributed by atoms with Gasteiger partial charge in [-0.3, -0.25) is 9.59 Å². The number of ether oxygens (including phenoxy) is 1. The van der Waals surface area contributed by atoms with Crippen LogP contribution in [0.3, 0.4) is 0 Å². The van der Waals surface area contributed by atoms with Gasteiger partial charge < -0.3 is 10.5 Å². The molecule has 0 bridgehead atoms. The predicted octanol–water partition coefficient (Wildman–Crippen LogP) is 2.58. The van der Waals surface area contributed by atoms with Crippen molar-refractivity contribution in [2.45, 2.75) is 38.8 Å². The quantitative estimate of drug-likeness (QED) is 0.681. The van der Waals surface area contributed by atoms with Crippen molar-refractivity contribution >= 4 is 23.4 Å². The Morgan fingerprint density at radius 1 is 1.32 bits per heavy atom. The highest BCUT2D eigenvalue weighted by Crippen LogP contribution is 2.18. The molecule has 0 radical (unpaired) electrons. The lowest BCUT2D eigenvalue weighted by Crippen LogP contribution is -2.38.